The first-order valence-electron chi connectivity index (χ1n) is 12.6. The minimum atomic E-state index is -0.225. The van der Waals surface area contributed by atoms with Crippen molar-refractivity contribution in [3.05, 3.63) is 73.4 Å². The van der Waals surface area contributed by atoms with Gasteiger partial charge in [0.25, 0.3) is 0 Å². The van der Waals surface area contributed by atoms with Gasteiger partial charge in [-0.3, -0.25) is 4.79 Å². The van der Waals surface area contributed by atoms with E-state index in [0.29, 0.717) is 5.95 Å². The molecular formula is C28H32N6OS. The van der Waals surface area contributed by atoms with Crippen molar-refractivity contribution in [2.75, 3.05) is 41.7 Å². The molecule has 0 unspecified atom stereocenters. The molecule has 0 aliphatic carbocycles. The largest absolute Gasteiger partial charge is 0.371 e. The predicted molar refractivity (Wildman–Crippen MR) is 147 cm³/mol. The number of carbonyl (C=O) groups excluding carboxylic acids is 1. The average Bonchev–Trinajstić information content (AvgIpc) is 3.46. The van der Waals surface area contributed by atoms with Gasteiger partial charge in [-0.15, -0.1) is 0 Å². The number of hydrogen-bond acceptors (Lipinski definition) is 7. The quantitative estimate of drug-likeness (QED) is 0.310. The van der Waals surface area contributed by atoms with Crippen molar-refractivity contribution < 1.29 is 4.79 Å². The Morgan fingerprint density at radius 1 is 0.944 bits per heavy atom. The fourth-order valence-corrected chi connectivity index (χ4v) is 5.63. The summed E-state index contributed by atoms with van der Waals surface area (Å²) in [7, 11) is 0. The summed E-state index contributed by atoms with van der Waals surface area (Å²) in [5.74, 6) is 0.339. The van der Waals surface area contributed by atoms with Crippen LogP contribution in [0.3, 0.4) is 0 Å². The van der Waals surface area contributed by atoms with E-state index in [2.05, 4.69) is 61.2 Å². The lowest BCUT2D eigenvalue weighted by atomic mass is 10.0. The first kappa shape index (κ1) is 24.3. The zero-order chi connectivity index (χ0) is 24.7. The van der Waals surface area contributed by atoms with Crippen LogP contribution in [0.15, 0.2) is 83.4 Å². The van der Waals surface area contributed by atoms with Gasteiger partial charge in [0.2, 0.25) is 11.9 Å². The van der Waals surface area contributed by atoms with Gasteiger partial charge in [-0.1, -0.05) is 18.3 Å². The summed E-state index contributed by atoms with van der Waals surface area (Å²) in [6.07, 6.45) is 8.25. The van der Waals surface area contributed by atoms with Crippen LogP contribution in [0.1, 0.15) is 25.7 Å². The van der Waals surface area contributed by atoms with Gasteiger partial charge in [0.15, 0.2) is 0 Å². The van der Waals surface area contributed by atoms with Crippen LogP contribution in [0.25, 0.3) is 0 Å². The third kappa shape index (κ3) is 6.25. The molecule has 186 valence electrons. The van der Waals surface area contributed by atoms with Gasteiger partial charge in [-0.05, 0) is 99.4 Å². The number of hydrogen-bond donors (Lipinski definition) is 2. The molecule has 1 amide bonds. The summed E-state index contributed by atoms with van der Waals surface area (Å²) < 4.78 is 0. The van der Waals surface area contributed by atoms with E-state index in [9.17, 15) is 4.79 Å². The van der Waals surface area contributed by atoms with E-state index in [1.165, 1.54) is 50.5 Å². The highest BCUT2D eigenvalue weighted by molar-refractivity contribution is 7.99. The number of anilines is 4. The lowest BCUT2D eigenvalue weighted by Gasteiger charge is -2.37. The summed E-state index contributed by atoms with van der Waals surface area (Å²) in [5, 5.41) is 6.91. The second-order valence-electron chi connectivity index (χ2n) is 9.17. The van der Waals surface area contributed by atoms with Crippen molar-refractivity contribution in [2.45, 2.75) is 41.6 Å². The molecule has 0 spiro atoms. The smallest absolute Gasteiger partial charge is 0.247 e. The molecule has 0 radical (unpaired) electrons. The molecule has 2 aromatic carbocycles. The fraction of sp³-hybridized carbons (Fsp3) is 0.321. The Balaban J connectivity index is 1.15. The van der Waals surface area contributed by atoms with E-state index in [4.69, 9.17) is 0 Å². The highest BCUT2D eigenvalue weighted by Gasteiger charge is 2.26. The number of rotatable bonds is 8. The van der Waals surface area contributed by atoms with E-state index in [0.717, 1.165) is 40.4 Å². The molecule has 0 saturated carbocycles. The molecule has 2 aliphatic rings. The number of amides is 1. The lowest BCUT2D eigenvalue weighted by Crippen LogP contribution is -2.43. The van der Waals surface area contributed by atoms with Crippen LogP contribution in [0, 0.1) is 0 Å². The molecule has 8 heteroatoms. The fourth-order valence-electron chi connectivity index (χ4n) is 4.86. The molecule has 36 heavy (non-hydrogen) atoms. The van der Waals surface area contributed by atoms with Gasteiger partial charge in [0, 0.05) is 47.3 Å². The van der Waals surface area contributed by atoms with Crippen molar-refractivity contribution in [3.8, 4) is 0 Å². The standard InChI is InChI=1S/C28H32N6OS/c1-2-26(35)30-21-7-11-25(12-8-21)36-27-13-16-29-28(32-27)31-22-5-9-23(10-6-22)34-19-14-24(15-20-34)33-17-3-4-18-33/h2,5-13,16,24H,1,3-4,14-15,17-20H2,(H,30,35)(H,29,31,32). The van der Waals surface area contributed by atoms with Gasteiger partial charge in [-0.25, -0.2) is 9.97 Å². The summed E-state index contributed by atoms with van der Waals surface area (Å²) in [4.78, 5) is 26.7. The number of benzene rings is 2. The highest BCUT2D eigenvalue weighted by Crippen LogP contribution is 2.29. The average molecular weight is 501 g/mol. The van der Waals surface area contributed by atoms with Gasteiger partial charge in [0.1, 0.15) is 5.03 Å². The molecule has 3 aromatic rings. The maximum atomic E-state index is 11.4. The summed E-state index contributed by atoms with van der Waals surface area (Å²) in [6, 6.07) is 18.8. The van der Waals surface area contributed by atoms with E-state index in [-0.39, 0.29) is 5.91 Å². The van der Waals surface area contributed by atoms with Gasteiger partial charge >= 0.3 is 0 Å². The van der Waals surface area contributed by atoms with Gasteiger partial charge in [0.05, 0.1) is 0 Å². The van der Waals surface area contributed by atoms with E-state index < -0.39 is 0 Å². The van der Waals surface area contributed by atoms with E-state index in [1.807, 2.05) is 30.3 Å². The molecule has 2 saturated heterocycles. The predicted octanol–water partition coefficient (Wildman–Crippen LogP) is 5.56. The van der Waals surface area contributed by atoms with Crippen LogP contribution in [0.2, 0.25) is 0 Å². The van der Waals surface area contributed by atoms with Crippen LogP contribution in [-0.4, -0.2) is 53.0 Å². The minimum Gasteiger partial charge on any atom is -0.371 e. The lowest BCUT2D eigenvalue weighted by molar-refractivity contribution is -0.111. The van der Waals surface area contributed by atoms with Crippen molar-refractivity contribution in [3.63, 3.8) is 0 Å². The molecular weight excluding hydrogens is 468 g/mol. The molecule has 2 aliphatic heterocycles. The number of nitrogens with one attached hydrogen (secondary N) is 2. The second-order valence-corrected chi connectivity index (χ2v) is 10.3. The van der Waals surface area contributed by atoms with E-state index in [1.54, 1.807) is 18.0 Å². The van der Waals surface area contributed by atoms with Crippen molar-refractivity contribution >= 4 is 40.7 Å². The van der Waals surface area contributed by atoms with Crippen molar-refractivity contribution in [2.24, 2.45) is 0 Å². The number of piperidine rings is 1. The normalized spacial score (nSPS) is 16.6. The first-order chi connectivity index (χ1) is 17.7. The maximum Gasteiger partial charge on any atom is 0.247 e. The zero-order valence-corrected chi connectivity index (χ0v) is 21.2. The Kier molecular flexibility index (Phi) is 7.83. The Bertz CT molecular complexity index is 1170. The number of likely N-dealkylation sites (tertiary alicyclic amines) is 1. The van der Waals surface area contributed by atoms with Crippen molar-refractivity contribution in [1.82, 2.24) is 14.9 Å². The van der Waals surface area contributed by atoms with Gasteiger partial charge < -0.3 is 20.4 Å². The Hall–Kier alpha value is -3.36. The second kappa shape index (κ2) is 11.6. The molecule has 2 fully saturated rings. The highest BCUT2D eigenvalue weighted by atomic mass is 32.2. The molecule has 0 bridgehead atoms. The topological polar surface area (TPSA) is 73.4 Å². The number of nitrogens with zero attached hydrogens (tertiary/aromatic N) is 4. The van der Waals surface area contributed by atoms with Gasteiger partial charge in [-0.2, -0.15) is 0 Å². The summed E-state index contributed by atoms with van der Waals surface area (Å²) in [6.45, 7) is 8.29. The number of carbonyl (C=O) groups is 1. The summed E-state index contributed by atoms with van der Waals surface area (Å²) >= 11 is 1.54. The zero-order valence-electron chi connectivity index (χ0n) is 20.4. The third-order valence-corrected chi connectivity index (χ3v) is 7.71. The van der Waals surface area contributed by atoms with Crippen LogP contribution >= 0.6 is 11.8 Å². The monoisotopic (exact) mass is 500 g/mol. The SMILES string of the molecule is C=CC(=O)Nc1ccc(Sc2ccnc(Nc3ccc(N4CCC(N5CCCC5)CC4)cc3)n2)cc1. The number of aromatic nitrogens is 2. The van der Waals surface area contributed by atoms with Crippen LogP contribution in [-0.2, 0) is 4.79 Å². The minimum absolute atomic E-state index is 0.225. The Labute approximate surface area is 217 Å². The molecule has 3 heterocycles. The van der Waals surface area contributed by atoms with Crippen LogP contribution < -0.4 is 15.5 Å². The summed E-state index contributed by atoms with van der Waals surface area (Å²) in [5.41, 5.74) is 2.97. The first-order valence-corrected chi connectivity index (χ1v) is 13.4. The maximum absolute atomic E-state index is 11.4. The van der Waals surface area contributed by atoms with Crippen LogP contribution in [0.4, 0.5) is 23.0 Å². The third-order valence-electron chi connectivity index (χ3n) is 6.77. The van der Waals surface area contributed by atoms with E-state index >= 15 is 0 Å². The Morgan fingerprint density at radius 3 is 2.33 bits per heavy atom. The molecule has 0 atom stereocenters. The molecule has 2 N–H and O–H groups in total. The molecule has 5 rings (SSSR count). The molecule has 7 nitrogen and oxygen atoms in total. The molecule has 1 aromatic heterocycles. The Morgan fingerprint density at radius 2 is 1.64 bits per heavy atom. The van der Waals surface area contributed by atoms with Crippen LogP contribution in [0.5, 0.6) is 0 Å². The van der Waals surface area contributed by atoms with Crippen molar-refractivity contribution in [1.29, 1.82) is 0 Å².